The number of carboxylic acids is 1. The van der Waals surface area contributed by atoms with Crippen LogP contribution in [0.2, 0.25) is 0 Å². The lowest BCUT2D eigenvalue weighted by atomic mass is 10.1. The van der Waals surface area contributed by atoms with E-state index in [1.54, 1.807) is 16.7 Å². The molecule has 0 aromatic carbocycles. The molecule has 0 aromatic heterocycles. The van der Waals surface area contributed by atoms with Crippen LogP contribution in [0, 0.1) is 5.92 Å². The van der Waals surface area contributed by atoms with Gasteiger partial charge in [-0.25, -0.2) is 0 Å². The lowest BCUT2D eigenvalue weighted by molar-refractivity contribution is -0.196. The number of thioether (sulfide) groups is 1. The summed E-state index contributed by atoms with van der Waals surface area (Å²) in [7, 11) is 0. The first kappa shape index (κ1) is 14.6. The van der Waals surface area contributed by atoms with Crippen LogP contribution in [0.15, 0.2) is 0 Å². The van der Waals surface area contributed by atoms with Crippen molar-refractivity contribution >= 4 is 17.7 Å². The maximum Gasteiger partial charge on any atom is 0.403 e. The summed E-state index contributed by atoms with van der Waals surface area (Å²) in [4.78, 5) is 12.2. The summed E-state index contributed by atoms with van der Waals surface area (Å²) in [5.74, 6) is -3.30. The second-order valence-corrected chi connectivity index (χ2v) is 5.50. The van der Waals surface area contributed by atoms with Crippen LogP contribution in [0.3, 0.4) is 0 Å². The van der Waals surface area contributed by atoms with E-state index < -0.39 is 24.6 Å². The zero-order valence-corrected chi connectivity index (χ0v) is 10.4. The minimum absolute atomic E-state index is 0.312. The molecule has 100 valence electrons. The number of carboxylic acid groups (broad SMARTS) is 1. The van der Waals surface area contributed by atoms with Gasteiger partial charge in [-0.1, -0.05) is 6.92 Å². The number of nitrogens with zero attached hydrogens (tertiary/aromatic N) is 1. The molecule has 1 rings (SSSR count). The molecule has 17 heavy (non-hydrogen) atoms. The van der Waals surface area contributed by atoms with Gasteiger partial charge in [0.2, 0.25) is 0 Å². The van der Waals surface area contributed by atoms with Gasteiger partial charge in [0, 0.05) is 30.6 Å². The van der Waals surface area contributed by atoms with Crippen LogP contribution in [0.25, 0.3) is 0 Å². The van der Waals surface area contributed by atoms with E-state index in [4.69, 9.17) is 5.11 Å². The molecule has 1 N–H and O–H groups in total. The van der Waals surface area contributed by atoms with Crippen LogP contribution in [-0.4, -0.2) is 52.8 Å². The SMILES string of the molecule is CCC1CN(CC(C(=O)O)C(F)(F)F)CCS1. The second kappa shape index (κ2) is 5.95. The quantitative estimate of drug-likeness (QED) is 0.850. The Hall–Kier alpha value is -0.430. The van der Waals surface area contributed by atoms with Crippen molar-refractivity contribution in [3.63, 3.8) is 0 Å². The molecular formula is C10H16F3NO2S. The van der Waals surface area contributed by atoms with E-state index in [-0.39, 0.29) is 0 Å². The minimum atomic E-state index is -4.67. The molecule has 0 amide bonds. The summed E-state index contributed by atoms with van der Waals surface area (Å²) in [6.45, 7) is 2.62. The Kier molecular flexibility index (Phi) is 5.12. The Morgan fingerprint density at radius 3 is 2.71 bits per heavy atom. The Morgan fingerprint density at radius 2 is 2.24 bits per heavy atom. The van der Waals surface area contributed by atoms with Crippen LogP contribution in [0.1, 0.15) is 13.3 Å². The minimum Gasteiger partial charge on any atom is -0.481 e. The van der Waals surface area contributed by atoms with Crippen molar-refractivity contribution in [1.29, 1.82) is 0 Å². The van der Waals surface area contributed by atoms with Crippen molar-refractivity contribution in [3.8, 4) is 0 Å². The molecule has 2 unspecified atom stereocenters. The Balaban J connectivity index is 2.58. The first-order valence-corrected chi connectivity index (χ1v) is 6.53. The molecule has 1 aliphatic heterocycles. The summed E-state index contributed by atoms with van der Waals surface area (Å²) < 4.78 is 37.5. The summed E-state index contributed by atoms with van der Waals surface area (Å²) in [5.41, 5.74) is 0. The molecule has 3 nitrogen and oxygen atoms in total. The molecule has 7 heteroatoms. The van der Waals surface area contributed by atoms with Gasteiger partial charge in [0.15, 0.2) is 5.92 Å². The highest BCUT2D eigenvalue weighted by atomic mass is 32.2. The van der Waals surface area contributed by atoms with Gasteiger partial charge in [0.05, 0.1) is 0 Å². The monoisotopic (exact) mass is 271 g/mol. The van der Waals surface area contributed by atoms with Crippen molar-refractivity contribution in [3.05, 3.63) is 0 Å². The van der Waals surface area contributed by atoms with Crippen LogP contribution in [0.5, 0.6) is 0 Å². The number of aliphatic carboxylic acids is 1. The zero-order chi connectivity index (χ0) is 13.1. The first-order chi connectivity index (χ1) is 7.84. The summed E-state index contributed by atoms with van der Waals surface area (Å²) in [5, 5.41) is 8.92. The number of hydrogen-bond acceptors (Lipinski definition) is 3. The standard InChI is InChI=1S/C10H16F3NO2S/c1-2-7-5-14(3-4-17-7)6-8(9(15)16)10(11,12)13/h7-8H,2-6H2,1H3,(H,15,16). The number of alkyl halides is 3. The third-order valence-corrected chi connectivity index (χ3v) is 4.18. The van der Waals surface area contributed by atoms with Gasteiger partial charge in [-0.3, -0.25) is 4.79 Å². The summed E-state index contributed by atoms with van der Waals surface area (Å²) in [6.07, 6.45) is -3.77. The fraction of sp³-hybridized carbons (Fsp3) is 0.900. The Labute approximate surface area is 102 Å². The van der Waals surface area contributed by atoms with Crippen molar-refractivity contribution in [2.24, 2.45) is 5.92 Å². The highest BCUT2D eigenvalue weighted by molar-refractivity contribution is 8.00. The molecule has 0 bridgehead atoms. The highest BCUT2D eigenvalue weighted by Crippen LogP contribution is 2.29. The van der Waals surface area contributed by atoms with E-state index in [1.807, 2.05) is 6.92 Å². The predicted octanol–water partition coefficient (Wildman–Crippen LogP) is 2.08. The van der Waals surface area contributed by atoms with E-state index in [2.05, 4.69) is 0 Å². The number of halogens is 3. The normalized spacial score (nSPS) is 24.6. The van der Waals surface area contributed by atoms with E-state index in [1.165, 1.54) is 0 Å². The van der Waals surface area contributed by atoms with Crippen LogP contribution in [-0.2, 0) is 4.79 Å². The van der Waals surface area contributed by atoms with E-state index in [9.17, 15) is 18.0 Å². The molecule has 1 heterocycles. The molecule has 1 fully saturated rings. The Bertz CT molecular complexity index is 273. The predicted molar refractivity (Wildman–Crippen MR) is 60.2 cm³/mol. The number of carbonyl (C=O) groups is 1. The Morgan fingerprint density at radius 1 is 1.59 bits per heavy atom. The molecule has 0 saturated carbocycles. The topological polar surface area (TPSA) is 40.5 Å². The largest absolute Gasteiger partial charge is 0.481 e. The van der Waals surface area contributed by atoms with Gasteiger partial charge < -0.3 is 10.0 Å². The van der Waals surface area contributed by atoms with E-state index in [0.717, 1.165) is 12.2 Å². The molecule has 0 spiro atoms. The van der Waals surface area contributed by atoms with Gasteiger partial charge in [0.1, 0.15) is 0 Å². The molecular weight excluding hydrogens is 255 g/mol. The summed E-state index contributed by atoms with van der Waals surface area (Å²) in [6, 6.07) is 0. The van der Waals surface area contributed by atoms with Crippen LogP contribution >= 0.6 is 11.8 Å². The number of rotatable bonds is 4. The maximum atomic E-state index is 12.5. The molecule has 0 aromatic rings. The fourth-order valence-corrected chi connectivity index (χ4v) is 3.02. The van der Waals surface area contributed by atoms with E-state index in [0.29, 0.717) is 18.3 Å². The van der Waals surface area contributed by atoms with Gasteiger partial charge in [-0.05, 0) is 6.42 Å². The maximum absolute atomic E-state index is 12.5. The average Bonchev–Trinajstić information content (AvgIpc) is 2.24. The van der Waals surface area contributed by atoms with Crippen molar-refractivity contribution in [1.82, 2.24) is 4.90 Å². The first-order valence-electron chi connectivity index (χ1n) is 5.48. The van der Waals surface area contributed by atoms with Gasteiger partial charge in [-0.2, -0.15) is 24.9 Å². The van der Waals surface area contributed by atoms with Crippen molar-refractivity contribution in [2.45, 2.75) is 24.8 Å². The summed E-state index contributed by atoms with van der Waals surface area (Å²) >= 11 is 1.74. The van der Waals surface area contributed by atoms with E-state index >= 15 is 0 Å². The molecule has 2 atom stereocenters. The molecule has 0 radical (unpaired) electrons. The number of hydrogen-bond donors (Lipinski definition) is 1. The van der Waals surface area contributed by atoms with Crippen molar-refractivity contribution in [2.75, 3.05) is 25.4 Å². The second-order valence-electron chi connectivity index (χ2n) is 4.09. The fourth-order valence-electron chi connectivity index (χ4n) is 1.77. The third kappa shape index (κ3) is 4.39. The smallest absolute Gasteiger partial charge is 0.403 e. The molecule has 0 aliphatic carbocycles. The molecule has 1 aliphatic rings. The third-order valence-electron chi connectivity index (χ3n) is 2.81. The van der Waals surface area contributed by atoms with Crippen LogP contribution in [0.4, 0.5) is 13.2 Å². The van der Waals surface area contributed by atoms with Gasteiger partial charge in [0.25, 0.3) is 0 Å². The van der Waals surface area contributed by atoms with Gasteiger partial charge in [-0.15, -0.1) is 0 Å². The lowest BCUT2D eigenvalue weighted by Gasteiger charge is -2.33. The average molecular weight is 271 g/mol. The van der Waals surface area contributed by atoms with Crippen molar-refractivity contribution < 1.29 is 23.1 Å². The van der Waals surface area contributed by atoms with Gasteiger partial charge >= 0.3 is 12.1 Å². The highest BCUT2D eigenvalue weighted by Gasteiger charge is 2.46. The van der Waals surface area contributed by atoms with Crippen LogP contribution < -0.4 is 0 Å². The molecule has 1 saturated heterocycles. The lowest BCUT2D eigenvalue weighted by Crippen LogP contribution is -2.46. The zero-order valence-electron chi connectivity index (χ0n) is 9.54.